The highest BCUT2D eigenvalue weighted by atomic mass is 16.5. The van der Waals surface area contributed by atoms with E-state index in [-0.39, 0.29) is 11.8 Å². The standard InChI is InChI=1S/C21H23NO4/c23-21(17-8-11-26-18-5-2-1-4-16(18)13-17)22-14-15-6-7-19-20(12-15)25-10-3-9-24-19/h1-2,4-7,12,17H,3,8-11,13-14H2,(H,22,23)/t17-/m1/s1. The van der Waals surface area contributed by atoms with Gasteiger partial charge in [0.2, 0.25) is 5.91 Å². The number of carbonyl (C=O) groups excluding carboxylic acids is 1. The Bertz CT molecular complexity index is 789. The van der Waals surface area contributed by atoms with Crippen molar-refractivity contribution in [3.05, 3.63) is 53.6 Å². The predicted octanol–water partition coefficient (Wildman–Crippen LogP) is 3.11. The number of benzene rings is 2. The maximum atomic E-state index is 12.7. The molecular formula is C21H23NO4. The third-order valence-corrected chi connectivity index (χ3v) is 4.81. The van der Waals surface area contributed by atoms with E-state index in [4.69, 9.17) is 14.2 Å². The molecule has 2 aliphatic heterocycles. The van der Waals surface area contributed by atoms with Crippen molar-refractivity contribution in [3.63, 3.8) is 0 Å². The molecule has 2 aromatic carbocycles. The molecule has 1 N–H and O–H groups in total. The number of nitrogens with one attached hydrogen (secondary N) is 1. The van der Waals surface area contributed by atoms with E-state index in [1.165, 1.54) is 0 Å². The molecule has 5 nitrogen and oxygen atoms in total. The lowest BCUT2D eigenvalue weighted by Crippen LogP contribution is -2.31. The van der Waals surface area contributed by atoms with E-state index in [9.17, 15) is 4.79 Å². The van der Waals surface area contributed by atoms with Gasteiger partial charge in [-0.25, -0.2) is 0 Å². The summed E-state index contributed by atoms with van der Waals surface area (Å²) < 4.78 is 17.1. The number of hydrogen-bond donors (Lipinski definition) is 1. The molecule has 0 unspecified atom stereocenters. The van der Waals surface area contributed by atoms with Crippen LogP contribution < -0.4 is 19.5 Å². The van der Waals surface area contributed by atoms with Gasteiger partial charge < -0.3 is 19.5 Å². The molecule has 5 heteroatoms. The van der Waals surface area contributed by atoms with Crippen LogP contribution in [0.25, 0.3) is 0 Å². The monoisotopic (exact) mass is 353 g/mol. The normalized spacial score (nSPS) is 18.7. The summed E-state index contributed by atoms with van der Waals surface area (Å²) in [5.74, 6) is 2.42. The Kier molecular flexibility index (Phi) is 4.95. The summed E-state index contributed by atoms with van der Waals surface area (Å²) >= 11 is 0. The van der Waals surface area contributed by atoms with Crippen molar-refractivity contribution in [2.24, 2.45) is 5.92 Å². The number of hydrogen-bond acceptors (Lipinski definition) is 4. The van der Waals surface area contributed by atoms with Gasteiger partial charge in [-0.05, 0) is 42.2 Å². The van der Waals surface area contributed by atoms with E-state index in [0.717, 1.165) is 41.2 Å². The Morgan fingerprint density at radius 2 is 1.77 bits per heavy atom. The number of amides is 1. The van der Waals surface area contributed by atoms with Gasteiger partial charge in [0.05, 0.1) is 19.8 Å². The molecule has 0 radical (unpaired) electrons. The fraction of sp³-hybridized carbons (Fsp3) is 0.381. The fourth-order valence-corrected chi connectivity index (χ4v) is 3.37. The van der Waals surface area contributed by atoms with E-state index in [0.29, 0.717) is 32.8 Å². The third kappa shape index (κ3) is 3.77. The Labute approximate surface area is 153 Å². The zero-order valence-electron chi connectivity index (χ0n) is 14.7. The van der Waals surface area contributed by atoms with E-state index in [1.54, 1.807) is 0 Å². The number of ether oxygens (including phenoxy) is 3. The molecular weight excluding hydrogens is 330 g/mol. The average Bonchev–Trinajstić information content (AvgIpc) is 3.03. The van der Waals surface area contributed by atoms with Crippen LogP contribution in [0, 0.1) is 5.92 Å². The lowest BCUT2D eigenvalue weighted by atomic mass is 9.96. The smallest absolute Gasteiger partial charge is 0.223 e. The van der Waals surface area contributed by atoms with Gasteiger partial charge in [0.15, 0.2) is 11.5 Å². The molecule has 0 aliphatic carbocycles. The fourth-order valence-electron chi connectivity index (χ4n) is 3.37. The second-order valence-electron chi connectivity index (χ2n) is 6.70. The first-order chi connectivity index (χ1) is 12.8. The van der Waals surface area contributed by atoms with Crippen LogP contribution in [0.5, 0.6) is 17.2 Å². The number of rotatable bonds is 3. The topological polar surface area (TPSA) is 56.8 Å². The first-order valence-corrected chi connectivity index (χ1v) is 9.16. The van der Waals surface area contributed by atoms with E-state index in [1.807, 2.05) is 42.5 Å². The van der Waals surface area contributed by atoms with Gasteiger partial charge in [-0.1, -0.05) is 24.3 Å². The van der Waals surface area contributed by atoms with Crippen molar-refractivity contribution < 1.29 is 19.0 Å². The minimum Gasteiger partial charge on any atom is -0.493 e. The summed E-state index contributed by atoms with van der Waals surface area (Å²) in [7, 11) is 0. The molecule has 0 spiro atoms. The molecule has 2 aromatic rings. The molecule has 0 saturated heterocycles. The maximum absolute atomic E-state index is 12.7. The zero-order valence-corrected chi connectivity index (χ0v) is 14.7. The van der Waals surface area contributed by atoms with Gasteiger partial charge in [0.1, 0.15) is 5.75 Å². The Morgan fingerprint density at radius 3 is 2.69 bits per heavy atom. The molecule has 4 rings (SSSR count). The van der Waals surface area contributed by atoms with Crippen LogP contribution in [-0.4, -0.2) is 25.7 Å². The molecule has 2 aliphatic rings. The van der Waals surface area contributed by atoms with E-state index in [2.05, 4.69) is 5.32 Å². The van der Waals surface area contributed by atoms with Crippen molar-refractivity contribution in [1.29, 1.82) is 0 Å². The number of carbonyl (C=O) groups is 1. The van der Waals surface area contributed by atoms with Gasteiger partial charge in [-0.3, -0.25) is 4.79 Å². The second-order valence-corrected chi connectivity index (χ2v) is 6.70. The predicted molar refractivity (Wildman–Crippen MR) is 97.6 cm³/mol. The second kappa shape index (κ2) is 7.68. The summed E-state index contributed by atoms with van der Waals surface area (Å²) in [5.41, 5.74) is 2.11. The highest BCUT2D eigenvalue weighted by Crippen LogP contribution is 2.30. The largest absolute Gasteiger partial charge is 0.493 e. The lowest BCUT2D eigenvalue weighted by molar-refractivity contribution is -0.125. The molecule has 0 saturated carbocycles. The van der Waals surface area contributed by atoms with Gasteiger partial charge in [0, 0.05) is 18.9 Å². The highest BCUT2D eigenvalue weighted by Gasteiger charge is 2.23. The van der Waals surface area contributed by atoms with Gasteiger partial charge >= 0.3 is 0 Å². The average molecular weight is 353 g/mol. The SMILES string of the molecule is O=C(NCc1ccc2c(c1)OCCCO2)[C@@H]1CCOc2ccccc2C1. The first kappa shape index (κ1) is 16.8. The van der Waals surface area contributed by atoms with Crippen molar-refractivity contribution in [3.8, 4) is 17.2 Å². The molecule has 136 valence electrons. The van der Waals surface area contributed by atoms with Crippen LogP contribution in [0.4, 0.5) is 0 Å². The van der Waals surface area contributed by atoms with Crippen molar-refractivity contribution >= 4 is 5.91 Å². The van der Waals surface area contributed by atoms with Crippen LogP contribution in [0.3, 0.4) is 0 Å². The van der Waals surface area contributed by atoms with Crippen LogP contribution in [0.1, 0.15) is 24.0 Å². The number of para-hydroxylation sites is 1. The van der Waals surface area contributed by atoms with Crippen LogP contribution in [-0.2, 0) is 17.8 Å². The molecule has 1 atom stereocenters. The molecule has 26 heavy (non-hydrogen) atoms. The van der Waals surface area contributed by atoms with Crippen molar-refractivity contribution in [2.45, 2.75) is 25.8 Å². The molecule has 0 bridgehead atoms. The van der Waals surface area contributed by atoms with Crippen molar-refractivity contribution in [1.82, 2.24) is 5.32 Å². The summed E-state index contributed by atoms with van der Waals surface area (Å²) in [6.07, 6.45) is 2.32. The Balaban J connectivity index is 1.39. The van der Waals surface area contributed by atoms with Crippen LogP contribution in [0.15, 0.2) is 42.5 Å². The Morgan fingerprint density at radius 1 is 0.962 bits per heavy atom. The lowest BCUT2D eigenvalue weighted by Gasteiger charge is -2.15. The minimum atomic E-state index is -0.0703. The molecule has 0 aromatic heterocycles. The minimum absolute atomic E-state index is 0.0671. The van der Waals surface area contributed by atoms with Crippen LogP contribution >= 0.6 is 0 Å². The van der Waals surface area contributed by atoms with Crippen LogP contribution in [0.2, 0.25) is 0 Å². The van der Waals surface area contributed by atoms with Gasteiger partial charge in [0.25, 0.3) is 0 Å². The van der Waals surface area contributed by atoms with E-state index >= 15 is 0 Å². The summed E-state index contributed by atoms with van der Waals surface area (Å²) in [5, 5.41) is 3.06. The van der Waals surface area contributed by atoms with Crippen molar-refractivity contribution in [2.75, 3.05) is 19.8 Å². The summed E-state index contributed by atoms with van der Waals surface area (Å²) in [6.45, 7) is 2.38. The number of fused-ring (bicyclic) bond motifs is 2. The first-order valence-electron chi connectivity index (χ1n) is 9.16. The maximum Gasteiger partial charge on any atom is 0.223 e. The summed E-state index contributed by atoms with van der Waals surface area (Å²) in [6, 6.07) is 13.8. The summed E-state index contributed by atoms with van der Waals surface area (Å²) in [4.78, 5) is 12.7. The molecule has 0 fully saturated rings. The third-order valence-electron chi connectivity index (χ3n) is 4.81. The van der Waals surface area contributed by atoms with Gasteiger partial charge in [-0.2, -0.15) is 0 Å². The highest BCUT2D eigenvalue weighted by molar-refractivity contribution is 5.79. The quantitative estimate of drug-likeness (QED) is 0.921. The van der Waals surface area contributed by atoms with E-state index < -0.39 is 0 Å². The zero-order chi connectivity index (χ0) is 17.8. The Hall–Kier alpha value is -2.69. The van der Waals surface area contributed by atoms with Gasteiger partial charge in [-0.15, -0.1) is 0 Å². The molecule has 2 heterocycles. The molecule has 1 amide bonds.